The molecule has 0 atom stereocenters. The lowest BCUT2D eigenvalue weighted by Gasteiger charge is -2.37. The van der Waals surface area contributed by atoms with E-state index in [1.54, 1.807) is 9.47 Å². The number of aromatic nitrogens is 1. The maximum Gasteiger partial charge on any atom is 0.341 e. The Morgan fingerprint density at radius 1 is 1.12 bits per heavy atom. The molecule has 1 aliphatic carbocycles. The number of pyridine rings is 1. The van der Waals surface area contributed by atoms with Gasteiger partial charge in [0.05, 0.1) is 23.7 Å². The Balaban J connectivity index is 1.21. The molecule has 2 aromatic carbocycles. The summed E-state index contributed by atoms with van der Waals surface area (Å²) in [7, 11) is 1.44. The van der Waals surface area contributed by atoms with Crippen LogP contribution in [0.3, 0.4) is 0 Å². The van der Waals surface area contributed by atoms with E-state index in [9.17, 15) is 19.5 Å². The van der Waals surface area contributed by atoms with Crippen LogP contribution in [0.2, 0.25) is 0 Å². The molecule has 6 rings (SSSR count). The van der Waals surface area contributed by atoms with Crippen molar-refractivity contribution < 1.29 is 28.7 Å². The highest BCUT2D eigenvalue weighted by Crippen LogP contribution is 2.43. The maximum atomic E-state index is 15.7. The summed E-state index contributed by atoms with van der Waals surface area (Å²) in [4.78, 5) is 48.9. The van der Waals surface area contributed by atoms with E-state index < -0.39 is 17.2 Å². The lowest BCUT2D eigenvalue weighted by Crippen LogP contribution is -2.49. The number of halogens is 1. The number of benzene rings is 2. The SMILES string of the molecule is CCO/N=C1\C(=O)N(CCN2CCN(c3c(F)cc4c(=O)c(C(=O)O)cn(C5CC5)c4c3OC)CC2)c2ccccc21. The molecule has 2 aliphatic heterocycles. The third-order valence-corrected chi connectivity index (χ3v) is 8.08. The average molecular weight is 578 g/mol. The van der Waals surface area contributed by atoms with Gasteiger partial charge in [0.25, 0.3) is 5.91 Å². The number of hydrogen-bond donors (Lipinski definition) is 1. The van der Waals surface area contributed by atoms with Crippen molar-refractivity contribution in [3.63, 3.8) is 0 Å². The number of hydrogen-bond acceptors (Lipinski definition) is 8. The van der Waals surface area contributed by atoms with Crippen LogP contribution >= 0.6 is 0 Å². The predicted octanol–water partition coefficient (Wildman–Crippen LogP) is 3.09. The van der Waals surface area contributed by atoms with Gasteiger partial charge in [0.2, 0.25) is 5.43 Å². The number of piperazine rings is 1. The maximum absolute atomic E-state index is 15.7. The number of ether oxygens (including phenoxy) is 1. The standard InChI is InChI=1S/C30H32FN5O6/c1-3-42-32-24-19-6-4-5-7-23(19)35(29(24)38)15-12-33-10-13-34(14-11-33)26-22(31)16-20-25(28(26)41-2)36(18-8-9-18)17-21(27(20)37)30(39)40/h4-7,16-18H,3,8-15H2,1-2H3,(H,39,40)/b32-24-. The molecule has 3 aliphatic rings. The number of methoxy groups -OCH3 is 1. The number of para-hydroxylation sites is 1. The van der Waals surface area contributed by atoms with E-state index >= 15 is 4.39 Å². The number of carboxylic acid groups (broad SMARTS) is 1. The van der Waals surface area contributed by atoms with Gasteiger partial charge in [0.15, 0.2) is 17.3 Å². The lowest BCUT2D eigenvalue weighted by molar-refractivity contribution is -0.112. The quantitative estimate of drug-likeness (QED) is 0.386. The average Bonchev–Trinajstić information content (AvgIpc) is 3.80. The van der Waals surface area contributed by atoms with Crippen LogP contribution < -0.4 is 20.0 Å². The van der Waals surface area contributed by atoms with Crippen LogP contribution in [0.4, 0.5) is 15.8 Å². The highest BCUT2D eigenvalue weighted by Gasteiger charge is 2.35. The van der Waals surface area contributed by atoms with Crippen molar-refractivity contribution in [3.8, 4) is 5.75 Å². The number of aromatic carboxylic acids is 1. The number of oxime groups is 1. The molecule has 220 valence electrons. The molecule has 1 amide bonds. The first-order valence-electron chi connectivity index (χ1n) is 14.1. The van der Waals surface area contributed by atoms with Crippen molar-refractivity contribution in [1.82, 2.24) is 9.47 Å². The zero-order chi connectivity index (χ0) is 29.5. The molecule has 11 nitrogen and oxygen atoms in total. The highest BCUT2D eigenvalue weighted by molar-refractivity contribution is 6.54. The second-order valence-electron chi connectivity index (χ2n) is 10.6. The number of carbonyl (C=O) groups excluding carboxylic acids is 1. The van der Waals surface area contributed by atoms with Crippen molar-refractivity contribution in [2.45, 2.75) is 25.8 Å². The van der Waals surface area contributed by atoms with E-state index in [2.05, 4.69) is 10.1 Å². The number of fused-ring (bicyclic) bond motifs is 2. The van der Waals surface area contributed by atoms with E-state index in [0.717, 1.165) is 30.2 Å². The molecule has 12 heteroatoms. The monoisotopic (exact) mass is 577 g/mol. The molecule has 3 aromatic rings. The van der Waals surface area contributed by atoms with Crippen LogP contribution in [-0.2, 0) is 9.63 Å². The smallest absolute Gasteiger partial charge is 0.341 e. The Hall–Kier alpha value is -4.45. The van der Waals surface area contributed by atoms with E-state index in [1.807, 2.05) is 36.1 Å². The van der Waals surface area contributed by atoms with Gasteiger partial charge in [-0.05, 0) is 31.9 Å². The molecule has 1 aromatic heterocycles. The van der Waals surface area contributed by atoms with Crippen LogP contribution in [0.5, 0.6) is 5.75 Å². The molecule has 1 saturated heterocycles. The van der Waals surface area contributed by atoms with E-state index in [1.165, 1.54) is 13.3 Å². The minimum atomic E-state index is -1.34. The first-order chi connectivity index (χ1) is 20.3. The van der Waals surface area contributed by atoms with E-state index in [4.69, 9.17) is 9.57 Å². The molecule has 0 radical (unpaired) electrons. The zero-order valence-electron chi connectivity index (χ0n) is 23.5. The molecule has 1 saturated carbocycles. The third kappa shape index (κ3) is 4.75. The normalized spacial score (nSPS) is 18.2. The van der Waals surface area contributed by atoms with Crippen LogP contribution in [0, 0.1) is 5.82 Å². The number of anilines is 2. The summed E-state index contributed by atoms with van der Waals surface area (Å²) in [6.07, 6.45) is 3.04. The number of carbonyl (C=O) groups is 2. The molecule has 1 N–H and O–H groups in total. The summed E-state index contributed by atoms with van der Waals surface area (Å²) in [6.45, 7) is 5.51. The van der Waals surface area contributed by atoms with Gasteiger partial charge in [-0.2, -0.15) is 0 Å². The van der Waals surface area contributed by atoms with Gasteiger partial charge in [-0.1, -0.05) is 23.4 Å². The first-order valence-corrected chi connectivity index (χ1v) is 14.1. The minimum Gasteiger partial charge on any atom is -0.492 e. The molecule has 0 spiro atoms. The second kappa shape index (κ2) is 11.1. The highest BCUT2D eigenvalue weighted by atomic mass is 19.1. The molecule has 2 fully saturated rings. The minimum absolute atomic E-state index is 0.00124. The van der Waals surface area contributed by atoms with Crippen molar-refractivity contribution in [3.05, 3.63) is 63.7 Å². The largest absolute Gasteiger partial charge is 0.492 e. The fraction of sp³-hybridized carbons (Fsp3) is 0.400. The molecular formula is C30H32FN5O6. The van der Waals surface area contributed by atoms with Crippen molar-refractivity contribution in [2.75, 3.05) is 62.8 Å². The fourth-order valence-electron chi connectivity index (χ4n) is 5.86. The van der Waals surface area contributed by atoms with Gasteiger partial charge in [0.1, 0.15) is 17.9 Å². The Morgan fingerprint density at radius 3 is 2.52 bits per heavy atom. The van der Waals surface area contributed by atoms with Gasteiger partial charge in [0, 0.05) is 57.1 Å². The van der Waals surface area contributed by atoms with Crippen LogP contribution in [0.15, 0.2) is 46.5 Å². The number of carboxylic acids is 1. The van der Waals surface area contributed by atoms with Crippen molar-refractivity contribution in [1.29, 1.82) is 0 Å². The Kier molecular flexibility index (Phi) is 7.31. The van der Waals surface area contributed by atoms with Gasteiger partial charge >= 0.3 is 5.97 Å². The number of amides is 1. The Labute approximate surface area is 241 Å². The van der Waals surface area contributed by atoms with Crippen molar-refractivity contribution >= 4 is 39.9 Å². The molecular weight excluding hydrogens is 545 g/mol. The first kappa shape index (κ1) is 27.7. The van der Waals surface area contributed by atoms with Gasteiger partial charge in [-0.15, -0.1) is 0 Å². The second-order valence-corrected chi connectivity index (χ2v) is 10.6. The lowest BCUT2D eigenvalue weighted by atomic mass is 10.1. The predicted molar refractivity (Wildman–Crippen MR) is 156 cm³/mol. The Morgan fingerprint density at radius 2 is 1.86 bits per heavy atom. The summed E-state index contributed by atoms with van der Waals surface area (Å²) in [5.41, 5.74) is 1.43. The zero-order valence-corrected chi connectivity index (χ0v) is 23.5. The van der Waals surface area contributed by atoms with Gasteiger partial charge in [-0.3, -0.25) is 14.5 Å². The van der Waals surface area contributed by atoms with E-state index in [0.29, 0.717) is 57.1 Å². The fourth-order valence-corrected chi connectivity index (χ4v) is 5.86. The van der Waals surface area contributed by atoms with Crippen LogP contribution in [0.1, 0.15) is 41.7 Å². The molecule has 0 unspecified atom stereocenters. The Bertz CT molecular complexity index is 1660. The van der Waals surface area contributed by atoms with Gasteiger partial charge in [-0.25, -0.2) is 9.18 Å². The van der Waals surface area contributed by atoms with E-state index in [-0.39, 0.29) is 34.3 Å². The summed E-state index contributed by atoms with van der Waals surface area (Å²) in [5, 5.41) is 13.6. The summed E-state index contributed by atoms with van der Waals surface area (Å²) >= 11 is 0. The molecule has 3 heterocycles. The summed E-state index contributed by atoms with van der Waals surface area (Å²) < 4.78 is 23.2. The number of nitrogens with zero attached hydrogens (tertiary/aromatic N) is 5. The molecule has 42 heavy (non-hydrogen) atoms. The number of rotatable bonds is 9. The third-order valence-electron chi connectivity index (χ3n) is 8.08. The topological polar surface area (TPSA) is 117 Å². The summed E-state index contributed by atoms with van der Waals surface area (Å²) in [5.74, 6) is -1.93. The van der Waals surface area contributed by atoms with Crippen LogP contribution in [0.25, 0.3) is 10.9 Å². The van der Waals surface area contributed by atoms with Gasteiger partial charge < -0.3 is 29.0 Å². The summed E-state index contributed by atoms with van der Waals surface area (Å²) in [6, 6.07) is 8.69. The van der Waals surface area contributed by atoms with Crippen molar-refractivity contribution in [2.24, 2.45) is 5.16 Å². The molecule has 0 bridgehead atoms. The van der Waals surface area contributed by atoms with Crippen LogP contribution in [-0.4, -0.2) is 85.1 Å².